The van der Waals surface area contributed by atoms with Crippen LogP contribution in [0.1, 0.15) is 25.3 Å². The van der Waals surface area contributed by atoms with Crippen molar-refractivity contribution in [3.8, 4) is 5.75 Å². The summed E-state index contributed by atoms with van der Waals surface area (Å²) in [6.45, 7) is 5.02. The maximum atomic E-state index is 12.5. The summed E-state index contributed by atoms with van der Waals surface area (Å²) in [6, 6.07) is 4.92. The molecule has 0 aromatic heterocycles. The molecule has 112 valence electrons. The van der Waals surface area contributed by atoms with Crippen molar-refractivity contribution in [2.24, 2.45) is 0 Å². The Morgan fingerprint density at radius 3 is 2.55 bits per heavy atom. The second kappa shape index (κ2) is 6.11. The third kappa shape index (κ3) is 3.13. The van der Waals surface area contributed by atoms with E-state index >= 15 is 0 Å². The number of piperidine rings is 1. The molecule has 0 amide bonds. The van der Waals surface area contributed by atoms with Crippen molar-refractivity contribution in [1.29, 1.82) is 0 Å². The summed E-state index contributed by atoms with van der Waals surface area (Å²) < 4.78 is 31.9. The van der Waals surface area contributed by atoms with Gasteiger partial charge in [0.1, 0.15) is 5.75 Å². The quantitative estimate of drug-likeness (QED) is 0.916. The normalized spacial score (nSPS) is 18.1. The summed E-state index contributed by atoms with van der Waals surface area (Å²) in [5.41, 5.74) is 0.810. The highest BCUT2D eigenvalue weighted by atomic mass is 32.2. The summed E-state index contributed by atoms with van der Waals surface area (Å²) >= 11 is 0. The molecule has 1 fully saturated rings. The highest BCUT2D eigenvalue weighted by Gasteiger charge is 2.28. The van der Waals surface area contributed by atoms with Crippen LogP contribution in [0.2, 0.25) is 0 Å². The zero-order valence-corrected chi connectivity index (χ0v) is 12.7. The molecule has 1 heterocycles. The number of aliphatic hydroxyl groups excluding tert-OH is 1. The van der Waals surface area contributed by atoms with Crippen LogP contribution in [0.15, 0.2) is 23.1 Å². The van der Waals surface area contributed by atoms with Gasteiger partial charge >= 0.3 is 0 Å². The Morgan fingerprint density at radius 1 is 1.35 bits per heavy atom. The second-order valence-electron chi connectivity index (χ2n) is 5.00. The van der Waals surface area contributed by atoms with Crippen molar-refractivity contribution in [1.82, 2.24) is 4.31 Å². The molecule has 0 aliphatic carbocycles. The molecule has 20 heavy (non-hydrogen) atoms. The Hall–Kier alpha value is -1.11. The van der Waals surface area contributed by atoms with Crippen LogP contribution in [-0.4, -0.2) is 43.6 Å². The van der Waals surface area contributed by atoms with Crippen LogP contribution < -0.4 is 4.74 Å². The first kappa shape index (κ1) is 15.3. The van der Waals surface area contributed by atoms with Crippen molar-refractivity contribution in [2.45, 2.75) is 37.7 Å². The molecule has 0 radical (unpaired) electrons. The van der Waals surface area contributed by atoms with Gasteiger partial charge in [-0.2, -0.15) is 4.31 Å². The molecule has 2 rings (SSSR count). The van der Waals surface area contributed by atoms with Crippen LogP contribution in [0.4, 0.5) is 0 Å². The lowest BCUT2D eigenvalue weighted by atomic mass is 10.1. The standard InChI is InChI=1S/C14H21NO4S/c1-3-19-14-5-4-13(10-11(14)2)20(17,18)15-8-6-12(16)7-9-15/h4-5,10,12,16H,3,6-9H2,1-2H3. The van der Waals surface area contributed by atoms with Gasteiger partial charge in [0, 0.05) is 13.1 Å². The van der Waals surface area contributed by atoms with Gasteiger partial charge in [0.25, 0.3) is 0 Å². The molecule has 1 saturated heterocycles. The number of benzene rings is 1. The lowest BCUT2D eigenvalue weighted by Crippen LogP contribution is -2.40. The van der Waals surface area contributed by atoms with Crippen LogP contribution >= 0.6 is 0 Å². The first-order valence-corrected chi connectivity index (χ1v) is 8.31. The molecule has 0 spiro atoms. The second-order valence-corrected chi connectivity index (χ2v) is 6.93. The molecule has 0 saturated carbocycles. The first-order chi connectivity index (χ1) is 9.45. The zero-order chi connectivity index (χ0) is 14.8. The Labute approximate surface area is 120 Å². The van der Waals surface area contributed by atoms with Crippen molar-refractivity contribution in [3.63, 3.8) is 0 Å². The van der Waals surface area contributed by atoms with Gasteiger partial charge in [-0.1, -0.05) is 0 Å². The third-order valence-electron chi connectivity index (χ3n) is 3.51. The Balaban J connectivity index is 2.23. The van der Waals surface area contributed by atoms with Gasteiger partial charge < -0.3 is 9.84 Å². The molecular weight excluding hydrogens is 278 g/mol. The Kier molecular flexibility index (Phi) is 4.67. The van der Waals surface area contributed by atoms with E-state index in [1.54, 1.807) is 18.2 Å². The van der Waals surface area contributed by atoms with Gasteiger partial charge in [0.2, 0.25) is 10.0 Å². The van der Waals surface area contributed by atoms with Gasteiger partial charge in [0.15, 0.2) is 0 Å². The van der Waals surface area contributed by atoms with Gasteiger partial charge in [-0.15, -0.1) is 0 Å². The molecule has 0 bridgehead atoms. The molecule has 0 unspecified atom stereocenters. The van der Waals surface area contributed by atoms with Crippen LogP contribution in [0.5, 0.6) is 5.75 Å². The Bertz CT molecular complexity index is 563. The molecule has 1 aromatic rings. The first-order valence-electron chi connectivity index (χ1n) is 6.87. The Morgan fingerprint density at radius 2 is 2.00 bits per heavy atom. The fraction of sp³-hybridized carbons (Fsp3) is 0.571. The van der Waals surface area contributed by atoms with E-state index in [4.69, 9.17) is 4.74 Å². The van der Waals surface area contributed by atoms with E-state index in [0.29, 0.717) is 38.3 Å². The van der Waals surface area contributed by atoms with E-state index in [-0.39, 0.29) is 11.0 Å². The maximum Gasteiger partial charge on any atom is 0.243 e. The topological polar surface area (TPSA) is 66.8 Å². The van der Waals surface area contributed by atoms with Crippen molar-refractivity contribution >= 4 is 10.0 Å². The van der Waals surface area contributed by atoms with Gasteiger partial charge in [-0.05, 0) is 50.5 Å². The number of sulfonamides is 1. The summed E-state index contributed by atoms with van der Waals surface area (Å²) in [5, 5.41) is 9.46. The fourth-order valence-corrected chi connectivity index (χ4v) is 3.89. The number of rotatable bonds is 4. The summed E-state index contributed by atoms with van der Waals surface area (Å²) in [7, 11) is -3.47. The van der Waals surface area contributed by atoms with Crippen molar-refractivity contribution in [2.75, 3.05) is 19.7 Å². The molecule has 6 heteroatoms. The summed E-state index contributed by atoms with van der Waals surface area (Å²) in [6.07, 6.45) is 0.605. The van der Waals surface area contributed by atoms with E-state index in [0.717, 1.165) is 5.56 Å². The number of ether oxygens (including phenoxy) is 1. The number of nitrogens with zero attached hydrogens (tertiary/aromatic N) is 1. The molecule has 1 N–H and O–H groups in total. The minimum atomic E-state index is -3.47. The number of aryl methyl sites for hydroxylation is 1. The number of hydrogen-bond donors (Lipinski definition) is 1. The van der Waals surface area contributed by atoms with Crippen molar-refractivity contribution in [3.05, 3.63) is 23.8 Å². The zero-order valence-electron chi connectivity index (χ0n) is 11.9. The van der Waals surface area contributed by atoms with Crippen LogP contribution in [0.25, 0.3) is 0 Å². The lowest BCUT2D eigenvalue weighted by molar-refractivity contribution is 0.113. The van der Waals surface area contributed by atoms with E-state index in [2.05, 4.69) is 0 Å². The average Bonchev–Trinajstić information content (AvgIpc) is 2.41. The molecule has 5 nitrogen and oxygen atoms in total. The summed E-state index contributed by atoms with van der Waals surface area (Å²) in [4.78, 5) is 0.287. The molecule has 1 aromatic carbocycles. The van der Waals surface area contributed by atoms with E-state index in [1.165, 1.54) is 4.31 Å². The van der Waals surface area contributed by atoms with Gasteiger partial charge in [-0.25, -0.2) is 8.42 Å². The monoisotopic (exact) mass is 299 g/mol. The maximum absolute atomic E-state index is 12.5. The molecule has 1 aliphatic rings. The van der Waals surface area contributed by atoms with Gasteiger partial charge in [-0.3, -0.25) is 0 Å². The lowest BCUT2D eigenvalue weighted by Gasteiger charge is -2.28. The minimum absolute atomic E-state index is 0.287. The SMILES string of the molecule is CCOc1ccc(S(=O)(=O)N2CCC(O)CC2)cc1C. The third-order valence-corrected chi connectivity index (χ3v) is 5.40. The number of aliphatic hydroxyl groups is 1. The average molecular weight is 299 g/mol. The van der Waals surface area contributed by atoms with Crippen molar-refractivity contribution < 1.29 is 18.3 Å². The predicted molar refractivity (Wildman–Crippen MR) is 76.3 cm³/mol. The van der Waals surface area contributed by atoms with E-state index < -0.39 is 10.0 Å². The molecule has 0 atom stereocenters. The predicted octanol–water partition coefficient (Wildman–Crippen LogP) is 1.54. The largest absolute Gasteiger partial charge is 0.494 e. The number of hydrogen-bond acceptors (Lipinski definition) is 4. The highest BCUT2D eigenvalue weighted by Crippen LogP contribution is 2.25. The van der Waals surface area contributed by atoms with E-state index in [9.17, 15) is 13.5 Å². The van der Waals surface area contributed by atoms with Crippen LogP contribution in [0, 0.1) is 6.92 Å². The fourth-order valence-electron chi connectivity index (χ4n) is 2.33. The molecule has 1 aliphatic heterocycles. The van der Waals surface area contributed by atoms with Crippen LogP contribution in [0.3, 0.4) is 0 Å². The smallest absolute Gasteiger partial charge is 0.243 e. The molecular formula is C14H21NO4S. The minimum Gasteiger partial charge on any atom is -0.494 e. The van der Waals surface area contributed by atoms with Crippen LogP contribution in [-0.2, 0) is 10.0 Å². The van der Waals surface area contributed by atoms with Gasteiger partial charge in [0.05, 0.1) is 17.6 Å². The summed E-state index contributed by atoms with van der Waals surface area (Å²) in [5.74, 6) is 0.709. The van der Waals surface area contributed by atoms with E-state index in [1.807, 2.05) is 13.8 Å². The highest BCUT2D eigenvalue weighted by molar-refractivity contribution is 7.89.